The molecule has 0 atom stereocenters. The summed E-state index contributed by atoms with van der Waals surface area (Å²) in [6, 6.07) is 8.31. The van der Waals surface area contributed by atoms with Crippen LogP contribution in [-0.2, 0) is 22.8 Å². The lowest BCUT2D eigenvalue weighted by Crippen LogP contribution is -2.26. The summed E-state index contributed by atoms with van der Waals surface area (Å²) >= 11 is 6.55. The fraction of sp³-hybridized carbons (Fsp3) is 0.294. The molecule has 3 aromatic rings. The van der Waals surface area contributed by atoms with E-state index in [1.165, 1.54) is 4.52 Å². The molecule has 1 aromatic carbocycles. The van der Waals surface area contributed by atoms with Crippen LogP contribution in [0.2, 0.25) is 5.15 Å². The number of nitrogens with zero attached hydrogens (tertiary/aromatic N) is 4. The zero-order chi connectivity index (χ0) is 18.5. The van der Waals surface area contributed by atoms with Crippen molar-refractivity contribution in [1.29, 1.82) is 0 Å². The molecule has 136 valence electrons. The van der Waals surface area contributed by atoms with Gasteiger partial charge in [-0.15, -0.1) is 5.10 Å². The molecule has 9 heteroatoms. The molecule has 1 aliphatic heterocycles. The minimum atomic E-state index is -3.80. The Morgan fingerprint density at radius 3 is 2.65 bits per heavy atom. The van der Waals surface area contributed by atoms with Gasteiger partial charge in [0.25, 0.3) is 0 Å². The topological polar surface area (TPSA) is 79.6 Å². The summed E-state index contributed by atoms with van der Waals surface area (Å²) in [5, 5.41) is 8.10. The first-order valence-corrected chi connectivity index (χ1v) is 10.1. The summed E-state index contributed by atoms with van der Waals surface area (Å²) in [5.41, 5.74) is 1.95. The van der Waals surface area contributed by atoms with Crippen molar-refractivity contribution in [3.05, 3.63) is 46.7 Å². The molecular formula is C17H18ClN5O2S. The smallest absolute Gasteiger partial charge is 0.214 e. The summed E-state index contributed by atoms with van der Waals surface area (Å²) in [7, 11) is -0.301. The average Bonchev–Trinajstić information content (AvgIpc) is 3.03. The van der Waals surface area contributed by atoms with Crippen molar-refractivity contribution in [2.24, 2.45) is 0 Å². The number of sulfone groups is 1. The highest BCUT2D eigenvalue weighted by Gasteiger charge is 2.32. The average molecular weight is 392 g/mol. The minimum absolute atomic E-state index is 0.0805. The van der Waals surface area contributed by atoms with E-state index in [2.05, 4.69) is 15.4 Å². The lowest BCUT2D eigenvalue weighted by molar-refractivity contribution is 0.596. The second kappa shape index (κ2) is 6.22. The van der Waals surface area contributed by atoms with E-state index in [9.17, 15) is 8.42 Å². The predicted molar refractivity (Wildman–Crippen MR) is 99.6 cm³/mol. The van der Waals surface area contributed by atoms with Crippen LogP contribution in [0.4, 0.5) is 5.82 Å². The first-order chi connectivity index (χ1) is 12.4. The van der Waals surface area contributed by atoms with Gasteiger partial charge in [-0.2, -0.15) is 4.52 Å². The number of hydrogen-bond acceptors (Lipinski definition) is 6. The minimum Gasteiger partial charge on any atom is -0.360 e. The molecule has 0 radical (unpaired) electrons. The Bertz CT molecular complexity index is 1090. The highest BCUT2D eigenvalue weighted by molar-refractivity contribution is 7.91. The molecule has 4 rings (SSSR count). The van der Waals surface area contributed by atoms with Gasteiger partial charge >= 0.3 is 0 Å². The molecule has 26 heavy (non-hydrogen) atoms. The summed E-state index contributed by atoms with van der Waals surface area (Å²) in [6.45, 7) is 1.37. The fourth-order valence-corrected chi connectivity index (χ4v) is 4.99. The SMILES string of the molecule is CN(C)c1nn2c(Cl)c3c(nc2c1S(=O)(=O)c1ccccc1)CCNC3. The monoisotopic (exact) mass is 391 g/mol. The van der Waals surface area contributed by atoms with Gasteiger partial charge in [0.1, 0.15) is 5.15 Å². The number of fused-ring (bicyclic) bond motifs is 2. The molecule has 3 heterocycles. The van der Waals surface area contributed by atoms with Gasteiger partial charge in [0.2, 0.25) is 9.84 Å². The van der Waals surface area contributed by atoms with Crippen molar-refractivity contribution < 1.29 is 8.42 Å². The third-order valence-corrected chi connectivity index (χ3v) is 6.60. The Morgan fingerprint density at radius 2 is 1.96 bits per heavy atom. The van der Waals surface area contributed by atoms with E-state index >= 15 is 0 Å². The number of anilines is 1. The molecule has 0 saturated carbocycles. The van der Waals surface area contributed by atoms with Gasteiger partial charge in [-0.25, -0.2) is 13.4 Å². The van der Waals surface area contributed by atoms with E-state index in [0.29, 0.717) is 23.9 Å². The van der Waals surface area contributed by atoms with Crippen LogP contribution in [0.1, 0.15) is 11.3 Å². The molecule has 1 N–H and O–H groups in total. The van der Waals surface area contributed by atoms with Crippen LogP contribution in [0.15, 0.2) is 40.1 Å². The number of nitrogens with one attached hydrogen (secondary N) is 1. The summed E-state index contributed by atoms with van der Waals surface area (Å²) in [6.07, 6.45) is 0.693. The highest BCUT2D eigenvalue weighted by Crippen LogP contribution is 2.35. The van der Waals surface area contributed by atoms with E-state index in [4.69, 9.17) is 11.6 Å². The van der Waals surface area contributed by atoms with Gasteiger partial charge in [0, 0.05) is 39.2 Å². The molecule has 1 aliphatic rings. The lowest BCUT2D eigenvalue weighted by Gasteiger charge is -2.17. The molecule has 7 nitrogen and oxygen atoms in total. The molecular weight excluding hydrogens is 374 g/mol. The van der Waals surface area contributed by atoms with E-state index < -0.39 is 9.84 Å². The Hall–Kier alpha value is -2.16. The first-order valence-electron chi connectivity index (χ1n) is 8.19. The van der Waals surface area contributed by atoms with E-state index in [-0.39, 0.29) is 15.4 Å². The Morgan fingerprint density at radius 1 is 1.23 bits per heavy atom. The van der Waals surface area contributed by atoms with Crippen LogP contribution in [0.25, 0.3) is 5.65 Å². The number of hydrogen-bond donors (Lipinski definition) is 1. The normalized spacial score (nSPS) is 14.4. The second-order valence-corrected chi connectivity index (χ2v) is 8.60. The zero-order valence-corrected chi connectivity index (χ0v) is 16.0. The van der Waals surface area contributed by atoms with Crippen LogP contribution >= 0.6 is 11.6 Å². The third-order valence-electron chi connectivity index (χ3n) is 4.41. The molecule has 0 amide bonds. The molecule has 0 unspecified atom stereocenters. The van der Waals surface area contributed by atoms with Crippen molar-refractivity contribution in [3.8, 4) is 0 Å². The number of benzene rings is 1. The van der Waals surface area contributed by atoms with Gasteiger partial charge < -0.3 is 10.2 Å². The number of halogens is 1. The van der Waals surface area contributed by atoms with Gasteiger partial charge in [0.15, 0.2) is 16.4 Å². The van der Waals surface area contributed by atoms with Crippen LogP contribution in [-0.4, -0.2) is 43.7 Å². The van der Waals surface area contributed by atoms with Crippen molar-refractivity contribution in [2.45, 2.75) is 22.8 Å². The quantitative estimate of drug-likeness (QED) is 0.687. The van der Waals surface area contributed by atoms with Crippen LogP contribution in [0, 0.1) is 0 Å². The maximum absolute atomic E-state index is 13.3. The van der Waals surface area contributed by atoms with Crippen LogP contribution in [0.5, 0.6) is 0 Å². The largest absolute Gasteiger partial charge is 0.360 e. The summed E-state index contributed by atoms with van der Waals surface area (Å²) < 4.78 is 28.1. The maximum atomic E-state index is 13.3. The van der Waals surface area contributed by atoms with Crippen molar-refractivity contribution in [3.63, 3.8) is 0 Å². The molecule has 0 fully saturated rings. The van der Waals surface area contributed by atoms with E-state index in [1.54, 1.807) is 49.3 Å². The third kappa shape index (κ3) is 2.56. The highest BCUT2D eigenvalue weighted by atomic mass is 35.5. The van der Waals surface area contributed by atoms with E-state index in [1.807, 2.05) is 0 Å². The van der Waals surface area contributed by atoms with E-state index in [0.717, 1.165) is 17.8 Å². The van der Waals surface area contributed by atoms with Gasteiger partial charge in [-0.1, -0.05) is 29.8 Å². The molecule has 0 saturated heterocycles. The van der Waals surface area contributed by atoms with Crippen molar-refractivity contribution in [2.75, 3.05) is 25.5 Å². The van der Waals surface area contributed by atoms with Crippen LogP contribution in [0.3, 0.4) is 0 Å². The van der Waals surface area contributed by atoms with Crippen molar-refractivity contribution >= 4 is 32.9 Å². The molecule has 0 spiro atoms. The molecule has 2 aromatic heterocycles. The first kappa shape index (κ1) is 17.3. The Labute approximate surface area is 156 Å². The number of aromatic nitrogens is 3. The van der Waals surface area contributed by atoms with Gasteiger partial charge in [-0.05, 0) is 12.1 Å². The second-order valence-electron chi connectivity index (χ2n) is 6.35. The van der Waals surface area contributed by atoms with Crippen LogP contribution < -0.4 is 10.2 Å². The van der Waals surface area contributed by atoms with Gasteiger partial charge in [0.05, 0.1) is 10.6 Å². The predicted octanol–water partition coefficient (Wildman–Crippen LogP) is 1.93. The summed E-state index contributed by atoms with van der Waals surface area (Å²) in [4.78, 5) is 6.59. The summed E-state index contributed by atoms with van der Waals surface area (Å²) in [5.74, 6) is 0.318. The Kier molecular flexibility index (Phi) is 4.13. The fourth-order valence-electron chi connectivity index (χ4n) is 3.11. The standard InChI is InChI=1S/C17H18ClN5O2S/c1-22(2)17-14(26(24,25)11-6-4-3-5-7-11)16-20-13-8-9-19-10-12(13)15(18)23(16)21-17/h3-7,19H,8-10H2,1-2H3. The lowest BCUT2D eigenvalue weighted by atomic mass is 10.1. The zero-order valence-electron chi connectivity index (χ0n) is 14.4. The maximum Gasteiger partial charge on any atom is 0.214 e. The number of rotatable bonds is 3. The van der Waals surface area contributed by atoms with Crippen molar-refractivity contribution in [1.82, 2.24) is 19.9 Å². The molecule has 0 bridgehead atoms. The Balaban J connectivity index is 2.08. The van der Waals surface area contributed by atoms with Gasteiger partial charge in [-0.3, -0.25) is 0 Å². The molecule has 0 aliphatic carbocycles.